The summed E-state index contributed by atoms with van der Waals surface area (Å²) < 4.78 is 72.4. The van der Waals surface area contributed by atoms with Crippen molar-refractivity contribution in [2.45, 2.75) is 88.9 Å². The van der Waals surface area contributed by atoms with Crippen LogP contribution in [0, 0.1) is 17.8 Å². The van der Waals surface area contributed by atoms with Crippen LogP contribution < -0.4 is 10.6 Å². The second-order valence-electron chi connectivity index (χ2n) is 13.3. The molecule has 7 rings (SSSR count). The molecule has 12 nitrogen and oxygen atoms in total. The number of aromatic nitrogens is 8. The number of rotatable bonds is 8. The van der Waals surface area contributed by atoms with Gasteiger partial charge >= 0.3 is 6.18 Å². The largest absolute Gasteiger partial charge is 0.393 e. The SMILES string of the molecule is CCn1nccc1C(=O)N[C@H](c1cn2nc(C[C@H]3C[C@@H](C(F)(F)F)CNC3=O)c(C3Cc4cncnc4C3)nc2n1)C1CCC(F)(F)CC1. The molecule has 2 N–H and O–H groups in total. The van der Waals surface area contributed by atoms with Crippen molar-refractivity contribution in [3.05, 3.63) is 65.0 Å². The number of nitrogens with one attached hydrogen (secondary N) is 2. The Labute approximate surface area is 277 Å². The first-order valence-corrected chi connectivity index (χ1v) is 16.5. The van der Waals surface area contributed by atoms with E-state index in [0.29, 0.717) is 42.2 Å². The molecule has 4 aromatic heterocycles. The van der Waals surface area contributed by atoms with Crippen molar-refractivity contribution in [3.63, 3.8) is 0 Å². The van der Waals surface area contributed by atoms with Crippen LogP contribution in [0.5, 0.6) is 0 Å². The smallest absolute Gasteiger partial charge is 0.355 e. The van der Waals surface area contributed by atoms with Crippen molar-refractivity contribution in [3.8, 4) is 0 Å². The molecular weight excluding hydrogens is 651 g/mol. The molecule has 2 amide bonds. The molecule has 1 saturated heterocycles. The molecule has 3 aliphatic rings. The standard InChI is InChI=1S/C32H35F5N10O2/c1-2-46-25(5-8-41-46)29(49)43-26(17-3-6-31(33,34)7-4-17)24-15-47-30(42-24)44-27(18-9-20-13-38-16-40-22(20)11-18)23(45-47)12-19-10-21(32(35,36)37)14-39-28(19)48/h5,8,13,15-19,21,26H,2-4,6-7,9-12,14H2,1H3,(H,39,48)(H,43,49)/t18?,19-,21-,26+/m1/s1. The zero-order valence-electron chi connectivity index (χ0n) is 26.6. The highest BCUT2D eigenvalue weighted by atomic mass is 19.4. The number of imidazole rings is 1. The Bertz CT molecular complexity index is 1840. The summed E-state index contributed by atoms with van der Waals surface area (Å²) >= 11 is 0. The van der Waals surface area contributed by atoms with Crippen LogP contribution in [0.15, 0.2) is 31.0 Å². The number of nitrogens with zero attached hydrogens (tertiary/aromatic N) is 8. The number of alkyl halides is 5. The Balaban J connectivity index is 1.26. The average Bonchev–Trinajstić information content (AvgIpc) is 3.82. The second-order valence-corrected chi connectivity index (χ2v) is 13.3. The Hall–Kier alpha value is -4.57. The minimum Gasteiger partial charge on any atom is -0.355 e. The van der Waals surface area contributed by atoms with E-state index in [0.717, 1.165) is 11.3 Å². The zero-order valence-corrected chi connectivity index (χ0v) is 26.6. The summed E-state index contributed by atoms with van der Waals surface area (Å²) in [6, 6.07) is 0.812. The molecule has 2 aliphatic carbocycles. The molecule has 260 valence electrons. The van der Waals surface area contributed by atoms with Crippen molar-refractivity contribution in [2.24, 2.45) is 17.8 Å². The van der Waals surface area contributed by atoms with E-state index in [1.807, 2.05) is 6.92 Å². The Morgan fingerprint density at radius 2 is 1.98 bits per heavy atom. The maximum Gasteiger partial charge on any atom is 0.393 e. The third-order valence-electron chi connectivity index (χ3n) is 10.1. The Kier molecular flexibility index (Phi) is 8.55. The van der Waals surface area contributed by atoms with Gasteiger partial charge in [-0.05, 0) is 56.6 Å². The third kappa shape index (κ3) is 6.71. The van der Waals surface area contributed by atoms with Crippen LogP contribution in [0.1, 0.15) is 89.8 Å². The molecule has 1 unspecified atom stereocenters. The summed E-state index contributed by atoms with van der Waals surface area (Å²) in [5, 5.41) is 14.3. The molecule has 2 fully saturated rings. The van der Waals surface area contributed by atoms with Crippen LogP contribution in [-0.4, -0.2) is 69.8 Å². The van der Waals surface area contributed by atoms with Gasteiger partial charge in [0.1, 0.15) is 12.0 Å². The lowest BCUT2D eigenvalue weighted by Crippen LogP contribution is -2.47. The highest BCUT2D eigenvalue weighted by Crippen LogP contribution is 2.42. The van der Waals surface area contributed by atoms with Gasteiger partial charge in [0.25, 0.3) is 11.7 Å². The van der Waals surface area contributed by atoms with E-state index in [2.05, 4.69) is 25.7 Å². The van der Waals surface area contributed by atoms with Gasteiger partial charge in [0.2, 0.25) is 11.8 Å². The van der Waals surface area contributed by atoms with Gasteiger partial charge in [-0.2, -0.15) is 23.4 Å². The van der Waals surface area contributed by atoms with Gasteiger partial charge in [-0.1, -0.05) is 0 Å². The van der Waals surface area contributed by atoms with Gasteiger partial charge < -0.3 is 10.6 Å². The van der Waals surface area contributed by atoms with Crippen molar-refractivity contribution < 1.29 is 31.5 Å². The van der Waals surface area contributed by atoms with E-state index < -0.39 is 48.3 Å². The predicted octanol–water partition coefficient (Wildman–Crippen LogP) is 4.17. The van der Waals surface area contributed by atoms with Gasteiger partial charge in [0, 0.05) is 62.3 Å². The molecule has 4 aromatic rings. The summed E-state index contributed by atoms with van der Waals surface area (Å²) in [4.78, 5) is 44.4. The number of fused-ring (bicyclic) bond motifs is 2. The third-order valence-corrected chi connectivity index (χ3v) is 10.1. The number of hydrogen-bond acceptors (Lipinski definition) is 8. The quantitative estimate of drug-likeness (QED) is 0.263. The first kappa shape index (κ1) is 33.0. The van der Waals surface area contributed by atoms with Crippen LogP contribution >= 0.6 is 0 Å². The van der Waals surface area contributed by atoms with E-state index in [1.165, 1.54) is 21.7 Å². The van der Waals surface area contributed by atoms with Crippen LogP contribution in [0.2, 0.25) is 0 Å². The first-order chi connectivity index (χ1) is 23.4. The van der Waals surface area contributed by atoms with E-state index in [-0.39, 0.29) is 56.1 Å². The number of piperidine rings is 1. The van der Waals surface area contributed by atoms with E-state index in [1.54, 1.807) is 18.5 Å². The number of halogens is 5. The first-order valence-electron chi connectivity index (χ1n) is 16.5. The topological polar surface area (TPSA) is 145 Å². The highest BCUT2D eigenvalue weighted by molar-refractivity contribution is 5.92. The summed E-state index contributed by atoms with van der Waals surface area (Å²) in [6.07, 6.45) is 1.96. The van der Waals surface area contributed by atoms with Crippen LogP contribution in [0.3, 0.4) is 0 Å². The number of carbonyl (C=O) groups excluding carboxylic acids is 2. The Morgan fingerprint density at radius 1 is 1.18 bits per heavy atom. The maximum atomic E-state index is 14.2. The fourth-order valence-electron chi connectivity index (χ4n) is 7.39. The van der Waals surface area contributed by atoms with Gasteiger partial charge in [0.05, 0.1) is 35.2 Å². The molecule has 4 atom stereocenters. The number of amides is 2. The maximum absolute atomic E-state index is 14.2. The number of carbonyl (C=O) groups is 2. The summed E-state index contributed by atoms with van der Waals surface area (Å²) in [6.45, 7) is 1.81. The van der Waals surface area contributed by atoms with E-state index in [4.69, 9.17) is 15.1 Å². The molecule has 1 saturated carbocycles. The minimum absolute atomic E-state index is 0.0817. The molecule has 0 bridgehead atoms. The second kappa shape index (κ2) is 12.7. The van der Waals surface area contributed by atoms with Gasteiger partial charge in [-0.15, -0.1) is 0 Å². The van der Waals surface area contributed by atoms with Crippen molar-refractivity contribution in [2.75, 3.05) is 6.54 Å². The van der Waals surface area contributed by atoms with E-state index in [9.17, 15) is 31.5 Å². The molecule has 5 heterocycles. The normalized spacial score (nSPS) is 23.3. The molecule has 0 spiro atoms. The van der Waals surface area contributed by atoms with Crippen molar-refractivity contribution in [1.82, 2.24) is 50.0 Å². The molecule has 49 heavy (non-hydrogen) atoms. The zero-order chi connectivity index (χ0) is 34.5. The molecule has 0 aromatic carbocycles. The van der Waals surface area contributed by atoms with Crippen LogP contribution in [0.4, 0.5) is 22.0 Å². The summed E-state index contributed by atoms with van der Waals surface area (Å²) in [7, 11) is 0. The monoisotopic (exact) mass is 686 g/mol. The lowest BCUT2D eigenvalue weighted by atomic mass is 9.81. The lowest BCUT2D eigenvalue weighted by molar-refractivity contribution is -0.183. The minimum atomic E-state index is -4.47. The molecule has 1 aliphatic heterocycles. The lowest BCUT2D eigenvalue weighted by Gasteiger charge is -2.33. The van der Waals surface area contributed by atoms with Crippen LogP contribution in [-0.2, 0) is 30.6 Å². The average molecular weight is 687 g/mol. The summed E-state index contributed by atoms with van der Waals surface area (Å²) in [5.41, 5.74) is 3.27. The van der Waals surface area contributed by atoms with Crippen molar-refractivity contribution >= 4 is 17.6 Å². The van der Waals surface area contributed by atoms with Gasteiger partial charge in [0.15, 0.2) is 0 Å². The van der Waals surface area contributed by atoms with Crippen molar-refractivity contribution in [1.29, 1.82) is 0 Å². The number of hydrogen-bond donors (Lipinski definition) is 2. The van der Waals surface area contributed by atoms with Gasteiger partial charge in [-0.25, -0.2) is 33.2 Å². The van der Waals surface area contributed by atoms with Crippen LogP contribution in [0.25, 0.3) is 5.78 Å². The molecule has 0 radical (unpaired) electrons. The Morgan fingerprint density at radius 3 is 2.71 bits per heavy atom. The van der Waals surface area contributed by atoms with Gasteiger partial charge in [-0.3, -0.25) is 14.3 Å². The summed E-state index contributed by atoms with van der Waals surface area (Å²) in [5.74, 6) is -6.81. The van der Waals surface area contributed by atoms with E-state index >= 15 is 0 Å². The highest BCUT2D eigenvalue weighted by Gasteiger charge is 2.45. The fourth-order valence-corrected chi connectivity index (χ4v) is 7.39. The molecule has 17 heteroatoms. The number of aryl methyl sites for hydroxylation is 1. The predicted molar refractivity (Wildman–Crippen MR) is 162 cm³/mol. The molecular formula is C32H35F5N10O2. The fraction of sp³-hybridized carbons (Fsp3) is 0.562.